The van der Waals surface area contributed by atoms with Crippen LogP contribution in [0.4, 0.5) is 0 Å². The van der Waals surface area contributed by atoms with Crippen molar-refractivity contribution < 1.29 is 63.9 Å². The highest BCUT2D eigenvalue weighted by Gasteiger charge is 2.53. The lowest BCUT2D eigenvalue weighted by molar-refractivity contribution is -0.319. The average Bonchev–Trinajstić information content (AvgIpc) is 3.07. The summed E-state index contributed by atoms with van der Waals surface area (Å²) in [6.45, 7) is 15.2. The second kappa shape index (κ2) is 18.5. The van der Waals surface area contributed by atoms with Gasteiger partial charge in [-0.2, -0.15) is 0 Å². The van der Waals surface area contributed by atoms with E-state index in [2.05, 4.69) is 0 Å². The van der Waals surface area contributed by atoms with Crippen LogP contribution in [0, 0.1) is 17.8 Å². The molecule has 3 saturated heterocycles. The van der Waals surface area contributed by atoms with Crippen molar-refractivity contribution in [2.24, 2.45) is 17.8 Å². The zero-order valence-electron chi connectivity index (χ0n) is 34.3. The van der Waals surface area contributed by atoms with Crippen LogP contribution >= 0.6 is 0 Å². The van der Waals surface area contributed by atoms with E-state index in [1.54, 1.807) is 41.5 Å². The third kappa shape index (κ3) is 10.5. The number of aliphatic hydroxyl groups is 6. The number of carbonyl (C=O) groups is 1. The normalized spacial score (nSPS) is 48.9. The van der Waals surface area contributed by atoms with Crippen molar-refractivity contribution in [1.29, 1.82) is 0 Å². The molecule has 0 spiro atoms. The molecule has 0 amide bonds. The SMILES string of the molecule is CCC1OC(=O)C(CO)[C@@H](O[C@H]2C[C@@](C)(OC)[C@@H](O)[C@H](C)O2)[C@H](C)[C@@H](O[C@@H]2O[C@H](C)C[C@H](N(C)C)[C@H]2O)[C@](C)(O)C[C@@H](C)CN(C)[C@H](C)[C@@H](O)[C@]1(C)O. The molecule has 6 N–H and O–H groups in total. The predicted molar refractivity (Wildman–Crippen MR) is 196 cm³/mol. The van der Waals surface area contributed by atoms with Gasteiger partial charge in [0.15, 0.2) is 12.6 Å². The van der Waals surface area contributed by atoms with Gasteiger partial charge >= 0.3 is 5.97 Å². The molecule has 3 heterocycles. The van der Waals surface area contributed by atoms with Crippen LogP contribution in [0.25, 0.3) is 0 Å². The van der Waals surface area contributed by atoms with E-state index in [1.807, 2.05) is 44.8 Å². The third-order valence-electron chi connectivity index (χ3n) is 12.2. The zero-order valence-corrected chi connectivity index (χ0v) is 34.3. The average molecular weight is 765 g/mol. The number of ether oxygens (including phenoxy) is 6. The molecule has 3 aliphatic heterocycles. The maximum Gasteiger partial charge on any atom is 0.314 e. The van der Waals surface area contributed by atoms with Crippen molar-refractivity contribution in [3.8, 4) is 0 Å². The summed E-state index contributed by atoms with van der Waals surface area (Å²) in [5, 5.41) is 69.1. The highest BCUT2D eigenvalue weighted by atomic mass is 16.7. The summed E-state index contributed by atoms with van der Waals surface area (Å²) in [5.74, 6) is -3.40. The summed E-state index contributed by atoms with van der Waals surface area (Å²) in [6, 6.07) is -0.898. The van der Waals surface area contributed by atoms with Gasteiger partial charge in [-0.1, -0.05) is 20.8 Å². The molecule has 0 aromatic heterocycles. The molecule has 0 aromatic rings. The van der Waals surface area contributed by atoms with Gasteiger partial charge in [0.2, 0.25) is 0 Å². The first kappa shape index (κ1) is 46.3. The van der Waals surface area contributed by atoms with E-state index in [1.165, 1.54) is 14.0 Å². The van der Waals surface area contributed by atoms with Crippen molar-refractivity contribution in [3.63, 3.8) is 0 Å². The Morgan fingerprint density at radius 2 is 1.58 bits per heavy atom. The minimum atomic E-state index is -1.88. The lowest BCUT2D eigenvalue weighted by atomic mass is 9.77. The van der Waals surface area contributed by atoms with Crippen LogP contribution in [0.15, 0.2) is 0 Å². The van der Waals surface area contributed by atoms with Crippen molar-refractivity contribution in [3.05, 3.63) is 0 Å². The van der Waals surface area contributed by atoms with Gasteiger partial charge in [0.25, 0.3) is 0 Å². The Kier molecular flexibility index (Phi) is 16.2. The fourth-order valence-electron chi connectivity index (χ4n) is 8.78. The maximum absolute atomic E-state index is 14.3. The van der Waals surface area contributed by atoms with Gasteiger partial charge in [-0.25, -0.2) is 0 Å². The van der Waals surface area contributed by atoms with Crippen molar-refractivity contribution >= 4 is 5.97 Å². The van der Waals surface area contributed by atoms with E-state index in [9.17, 15) is 35.4 Å². The molecule has 3 rings (SSSR count). The summed E-state index contributed by atoms with van der Waals surface area (Å²) in [7, 11) is 7.01. The van der Waals surface area contributed by atoms with Crippen LogP contribution in [0.3, 0.4) is 0 Å². The Bertz CT molecular complexity index is 1160. The highest BCUT2D eigenvalue weighted by molar-refractivity contribution is 5.73. The van der Waals surface area contributed by atoms with Crippen molar-refractivity contribution in [2.45, 2.75) is 178 Å². The van der Waals surface area contributed by atoms with Crippen LogP contribution in [-0.4, -0.2) is 178 Å². The van der Waals surface area contributed by atoms with Crippen LogP contribution in [-0.2, 0) is 33.2 Å². The minimum absolute atomic E-state index is 0.0551. The number of aliphatic hydroxyl groups excluding tert-OH is 4. The summed E-state index contributed by atoms with van der Waals surface area (Å²) < 4.78 is 37.3. The number of cyclic esters (lactones) is 1. The monoisotopic (exact) mass is 765 g/mol. The first-order chi connectivity index (χ1) is 24.4. The Morgan fingerprint density at radius 3 is 2.13 bits per heavy atom. The van der Waals surface area contributed by atoms with Gasteiger partial charge in [-0.05, 0) is 87.9 Å². The largest absolute Gasteiger partial charge is 0.459 e. The maximum atomic E-state index is 14.3. The molecule has 3 fully saturated rings. The van der Waals surface area contributed by atoms with Gasteiger partial charge in [-0.15, -0.1) is 0 Å². The van der Waals surface area contributed by atoms with Crippen LogP contribution < -0.4 is 0 Å². The number of hydrogen-bond donors (Lipinski definition) is 6. The van der Waals surface area contributed by atoms with E-state index in [-0.39, 0.29) is 37.3 Å². The van der Waals surface area contributed by atoms with Crippen LogP contribution in [0.1, 0.15) is 88.0 Å². The molecule has 0 radical (unpaired) electrons. The molecule has 0 bridgehead atoms. The Hall–Kier alpha value is -1.05. The smallest absolute Gasteiger partial charge is 0.314 e. The Balaban J connectivity index is 2.21. The fourth-order valence-corrected chi connectivity index (χ4v) is 8.78. The summed E-state index contributed by atoms with van der Waals surface area (Å²) >= 11 is 0. The molecule has 53 heavy (non-hydrogen) atoms. The predicted octanol–water partition coefficient (Wildman–Crippen LogP) is 0.873. The first-order valence-corrected chi connectivity index (χ1v) is 19.3. The molecule has 18 atom stereocenters. The number of methoxy groups -OCH3 is 1. The van der Waals surface area contributed by atoms with Gasteiger partial charge in [0.05, 0.1) is 42.2 Å². The van der Waals surface area contributed by atoms with Gasteiger partial charge < -0.3 is 68.9 Å². The van der Waals surface area contributed by atoms with Gasteiger partial charge in [0.1, 0.15) is 35.9 Å². The van der Waals surface area contributed by atoms with E-state index in [0.29, 0.717) is 13.0 Å². The zero-order chi connectivity index (χ0) is 40.4. The quantitative estimate of drug-likeness (QED) is 0.190. The number of likely N-dealkylation sites (N-methyl/N-ethyl adjacent to an activating group) is 2. The molecule has 312 valence electrons. The molecular formula is C38H72N2O13. The molecular weight excluding hydrogens is 692 g/mol. The lowest BCUT2D eigenvalue weighted by Crippen LogP contribution is -2.61. The summed E-state index contributed by atoms with van der Waals surface area (Å²) in [5.41, 5.74) is -4.60. The molecule has 15 nitrogen and oxygen atoms in total. The Labute approximate surface area is 316 Å². The summed E-state index contributed by atoms with van der Waals surface area (Å²) in [6.07, 6.45) is -9.33. The molecule has 3 aliphatic rings. The standard InChI is InChI=1S/C38H72N2O13/c1-14-27-38(9,47)31(43)23(5)40(12)18-20(2)16-36(7,46)33(53-35-29(42)26(39(10)11)15-21(3)49-35)22(4)30(25(19-41)34(45)51-27)52-28-17-37(8,48-13)32(44)24(6)50-28/h20-33,35,41-44,46-47H,14-19H2,1-13H3/t20-,21-,22+,23-,24+,25?,26+,27?,28+,29-,30+,31-,32+,33-,35+,36-,37-,38-/m1/s1. The van der Waals surface area contributed by atoms with Gasteiger partial charge in [0, 0.05) is 38.1 Å². The van der Waals surface area contributed by atoms with Gasteiger partial charge in [-0.3, -0.25) is 4.79 Å². The molecule has 15 heteroatoms. The van der Waals surface area contributed by atoms with E-state index in [0.717, 1.165) is 0 Å². The van der Waals surface area contributed by atoms with Crippen LogP contribution in [0.2, 0.25) is 0 Å². The minimum Gasteiger partial charge on any atom is -0.459 e. The number of rotatable bonds is 8. The van der Waals surface area contributed by atoms with Crippen molar-refractivity contribution in [2.75, 3.05) is 41.4 Å². The second-order valence-corrected chi connectivity index (χ2v) is 17.2. The third-order valence-corrected chi connectivity index (χ3v) is 12.2. The summed E-state index contributed by atoms with van der Waals surface area (Å²) in [4.78, 5) is 18.1. The highest BCUT2D eigenvalue weighted by Crippen LogP contribution is 2.40. The van der Waals surface area contributed by atoms with E-state index < -0.39 is 103 Å². The fraction of sp³-hybridized carbons (Fsp3) is 0.974. The first-order valence-electron chi connectivity index (χ1n) is 19.3. The number of carbonyl (C=O) groups excluding carboxylic acids is 1. The lowest BCUT2D eigenvalue weighted by Gasteiger charge is -2.49. The van der Waals surface area contributed by atoms with Crippen molar-refractivity contribution in [1.82, 2.24) is 9.80 Å². The molecule has 0 aromatic carbocycles. The number of nitrogens with zero attached hydrogens (tertiary/aromatic N) is 2. The van der Waals surface area contributed by atoms with E-state index in [4.69, 9.17) is 28.4 Å². The molecule has 2 unspecified atom stereocenters. The topological polar surface area (TPSA) is 200 Å². The van der Waals surface area contributed by atoms with E-state index >= 15 is 0 Å². The number of hydrogen-bond acceptors (Lipinski definition) is 15. The second-order valence-electron chi connectivity index (χ2n) is 17.2. The Morgan fingerprint density at radius 1 is 0.962 bits per heavy atom. The molecule has 0 aliphatic carbocycles. The number of esters is 1. The van der Waals surface area contributed by atoms with Crippen LogP contribution in [0.5, 0.6) is 0 Å². The molecule has 0 saturated carbocycles.